The van der Waals surface area contributed by atoms with E-state index in [-0.39, 0.29) is 12.0 Å². The van der Waals surface area contributed by atoms with Gasteiger partial charge in [0, 0.05) is 24.6 Å². The van der Waals surface area contributed by atoms with Crippen molar-refractivity contribution in [1.29, 1.82) is 0 Å². The molecule has 0 unspecified atom stereocenters. The minimum Gasteiger partial charge on any atom is -0.375 e. The fraction of sp³-hybridized carbons (Fsp3) is 0.250. The van der Waals surface area contributed by atoms with Crippen molar-refractivity contribution in [3.63, 3.8) is 0 Å². The summed E-state index contributed by atoms with van der Waals surface area (Å²) in [4.78, 5) is 11.7. The maximum absolute atomic E-state index is 11.7. The first-order valence-electron chi connectivity index (χ1n) is 5.16. The Morgan fingerprint density at radius 3 is 2.71 bits per heavy atom. The fourth-order valence-corrected chi connectivity index (χ4v) is 2.81. The third-order valence-electron chi connectivity index (χ3n) is 2.43. The number of hydrogen-bond acceptors (Lipinski definition) is 4. The Morgan fingerprint density at radius 2 is 2.12 bits per heavy atom. The van der Waals surface area contributed by atoms with Gasteiger partial charge in [-0.1, -0.05) is 0 Å². The number of hydrogen-bond donors (Lipinski definition) is 1. The third kappa shape index (κ3) is 3.15. The molecule has 0 aromatic carbocycles. The van der Waals surface area contributed by atoms with E-state index in [1.54, 1.807) is 18.4 Å². The van der Waals surface area contributed by atoms with Gasteiger partial charge in [-0.2, -0.15) is 22.7 Å². The Morgan fingerprint density at radius 1 is 1.35 bits per heavy atom. The Balaban J connectivity index is 1.91. The van der Waals surface area contributed by atoms with Gasteiger partial charge < -0.3 is 10.1 Å². The molecule has 0 bridgehead atoms. The molecule has 2 heterocycles. The molecule has 1 N–H and O–H groups in total. The molecule has 2 aromatic heterocycles. The number of nitrogens with one attached hydrogen (secondary N) is 1. The zero-order valence-electron chi connectivity index (χ0n) is 9.38. The normalized spacial score (nSPS) is 12.3. The van der Waals surface area contributed by atoms with E-state index >= 15 is 0 Å². The molecule has 0 aliphatic carbocycles. The van der Waals surface area contributed by atoms with Gasteiger partial charge in [0.1, 0.15) is 6.10 Å². The molecule has 5 heteroatoms. The maximum Gasteiger partial charge on any atom is 0.252 e. The van der Waals surface area contributed by atoms with Crippen LogP contribution in [0.1, 0.15) is 22.0 Å². The lowest BCUT2D eigenvalue weighted by atomic mass is 10.2. The monoisotopic (exact) mass is 267 g/mol. The summed E-state index contributed by atoms with van der Waals surface area (Å²) in [5.41, 5.74) is 1.80. The number of ether oxygens (including phenoxy) is 1. The van der Waals surface area contributed by atoms with Crippen LogP contribution in [0.3, 0.4) is 0 Å². The first-order chi connectivity index (χ1) is 8.31. The molecular formula is C12H13NO2S2. The SMILES string of the molecule is CO[C@@H](CNC(=O)c1ccsc1)c1ccsc1. The number of carbonyl (C=O) groups is 1. The summed E-state index contributed by atoms with van der Waals surface area (Å²) in [5, 5.41) is 10.6. The Kier molecular flexibility index (Phi) is 4.30. The molecule has 1 atom stereocenters. The van der Waals surface area contributed by atoms with Gasteiger partial charge in [0.2, 0.25) is 0 Å². The van der Waals surface area contributed by atoms with Crippen LogP contribution in [-0.2, 0) is 4.74 Å². The van der Waals surface area contributed by atoms with Crippen molar-refractivity contribution in [2.45, 2.75) is 6.10 Å². The van der Waals surface area contributed by atoms with Crippen LogP contribution in [0.4, 0.5) is 0 Å². The molecule has 0 radical (unpaired) electrons. The molecule has 17 heavy (non-hydrogen) atoms. The number of amides is 1. The standard InChI is InChI=1S/C12H13NO2S2/c1-15-11(9-2-4-16-7-9)6-13-12(14)10-3-5-17-8-10/h2-5,7-8,11H,6H2,1H3,(H,13,14)/t11-/m0/s1. The van der Waals surface area contributed by atoms with Gasteiger partial charge in [-0.05, 0) is 33.8 Å². The summed E-state index contributed by atoms with van der Waals surface area (Å²) in [6.07, 6.45) is -0.0798. The van der Waals surface area contributed by atoms with Crippen LogP contribution in [-0.4, -0.2) is 19.6 Å². The number of thiophene rings is 2. The van der Waals surface area contributed by atoms with Crippen LogP contribution >= 0.6 is 22.7 Å². The number of carbonyl (C=O) groups excluding carboxylic acids is 1. The van der Waals surface area contributed by atoms with Gasteiger partial charge in [-0.3, -0.25) is 4.79 Å². The summed E-state index contributed by atoms with van der Waals surface area (Å²) >= 11 is 3.14. The maximum atomic E-state index is 11.7. The van der Waals surface area contributed by atoms with Gasteiger partial charge in [0.15, 0.2) is 0 Å². The van der Waals surface area contributed by atoms with Crippen molar-refractivity contribution in [2.75, 3.05) is 13.7 Å². The Hall–Kier alpha value is -1.17. The quantitative estimate of drug-likeness (QED) is 0.904. The van der Waals surface area contributed by atoms with Crippen molar-refractivity contribution in [3.8, 4) is 0 Å². The summed E-state index contributed by atoms with van der Waals surface area (Å²) in [6.45, 7) is 0.488. The molecule has 0 saturated heterocycles. The molecule has 3 nitrogen and oxygen atoms in total. The predicted octanol–water partition coefficient (Wildman–Crippen LogP) is 2.93. The molecule has 0 saturated carbocycles. The lowest BCUT2D eigenvalue weighted by Gasteiger charge is -2.14. The summed E-state index contributed by atoms with van der Waals surface area (Å²) in [7, 11) is 1.65. The van der Waals surface area contributed by atoms with Crippen LogP contribution in [0.5, 0.6) is 0 Å². The van der Waals surface area contributed by atoms with E-state index in [1.807, 2.05) is 33.7 Å². The van der Waals surface area contributed by atoms with E-state index in [0.29, 0.717) is 12.1 Å². The van der Waals surface area contributed by atoms with E-state index in [2.05, 4.69) is 5.32 Å². The van der Waals surface area contributed by atoms with E-state index in [0.717, 1.165) is 5.56 Å². The van der Waals surface area contributed by atoms with Gasteiger partial charge in [-0.25, -0.2) is 0 Å². The highest BCUT2D eigenvalue weighted by atomic mass is 32.1. The first-order valence-corrected chi connectivity index (χ1v) is 7.05. The molecule has 0 spiro atoms. The highest BCUT2D eigenvalue weighted by Gasteiger charge is 2.13. The molecule has 2 rings (SSSR count). The van der Waals surface area contributed by atoms with Crippen LogP contribution in [0.2, 0.25) is 0 Å². The minimum atomic E-state index is -0.0798. The fourth-order valence-electron chi connectivity index (χ4n) is 1.48. The van der Waals surface area contributed by atoms with E-state index in [4.69, 9.17) is 4.74 Å². The average Bonchev–Trinajstić information content (AvgIpc) is 3.02. The lowest BCUT2D eigenvalue weighted by molar-refractivity contribution is 0.0829. The minimum absolute atomic E-state index is 0.0523. The van der Waals surface area contributed by atoms with Crippen molar-refractivity contribution < 1.29 is 9.53 Å². The highest BCUT2D eigenvalue weighted by molar-refractivity contribution is 7.08. The topological polar surface area (TPSA) is 38.3 Å². The molecule has 1 amide bonds. The third-order valence-corrected chi connectivity index (χ3v) is 3.82. The smallest absolute Gasteiger partial charge is 0.252 e. The first kappa shape index (κ1) is 12.3. The lowest BCUT2D eigenvalue weighted by Crippen LogP contribution is -2.28. The largest absolute Gasteiger partial charge is 0.375 e. The average molecular weight is 267 g/mol. The van der Waals surface area contributed by atoms with E-state index < -0.39 is 0 Å². The van der Waals surface area contributed by atoms with Gasteiger partial charge >= 0.3 is 0 Å². The Bertz CT molecular complexity index is 451. The number of rotatable bonds is 5. The summed E-state index contributed by atoms with van der Waals surface area (Å²) < 4.78 is 5.36. The van der Waals surface area contributed by atoms with Gasteiger partial charge in [0.05, 0.1) is 0 Å². The Labute approximate surface area is 108 Å². The van der Waals surface area contributed by atoms with Crippen LogP contribution in [0.25, 0.3) is 0 Å². The molecule has 0 aliphatic rings. The zero-order valence-corrected chi connectivity index (χ0v) is 11.0. The van der Waals surface area contributed by atoms with Gasteiger partial charge in [0.25, 0.3) is 5.91 Å². The van der Waals surface area contributed by atoms with Crippen molar-refractivity contribution >= 4 is 28.6 Å². The van der Waals surface area contributed by atoms with Crippen LogP contribution < -0.4 is 5.32 Å². The number of methoxy groups -OCH3 is 1. The molecule has 2 aromatic rings. The molecule has 0 aliphatic heterocycles. The molecule has 90 valence electrons. The second-order valence-electron chi connectivity index (χ2n) is 3.50. The predicted molar refractivity (Wildman–Crippen MR) is 70.7 cm³/mol. The van der Waals surface area contributed by atoms with Crippen LogP contribution in [0, 0.1) is 0 Å². The van der Waals surface area contributed by atoms with Crippen molar-refractivity contribution in [1.82, 2.24) is 5.32 Å². The zero-order chi connectivity index (χ0) is 12.1. The van der Waals surface area contributed by atoms with Gasteiger partial charge in [-0.15, -0.1) is 0 Å². The molecular weight excluding hydrogens is 254 g/mol. The van der Waals surface area contributed by atoms with Crippen molar-refractivity contribution in [3.05, 3.63) is 44.8 Å². The van der Waals surface area contributed by atoms with E-state index in [1.165, 1.54) is 11.3 Å². The second kappa shape index (κ2) is 5.95. The molecule has 0 fully saturated rings. The van der Waals surface area contributed by atoms with Crippen LogP contribution in [0.15, 0.2) is 33.7 Å². The van der Waals surface area contributed by atoms with Crippen molar-refractivity contribution in [2.24, 2.45) is 0 Å². The highest BCUT2D eigenvalue weighted by Crippen LogP contribution is 2.18. The van der Waals surface area contributed by atoms with E-state index in [9.17, 15) is 4.79 Å². The second-order valence-corrected chi connectivity index (χ2v) is 5.06. The summed E-state index contributed by atoms with van der Waals surface area (Å²) in [5.74, 6) is -0.0523. The summed E-state index contributed by atoms with van der Waals surface area (Å²) in [6, 6.07) is 3.82.